The highest BCUT2D eigenvalue weighted by molar-refractivity contribution is 6.13. The third-order valence-corrected chi connectivity index (χ3v) is 11.1. The SMILES string of the molecule is Cc1cc(C)cc(-c2ccc3c(c2)c2ccccc2n3-c2cc(C#N)cc(-n3c4ccccc4c4cc(-c5cc(C)cc(C)c5)ccc43)c2-c2ccncc2)c1. The van der Waals surface area contributed by atoms with Crippen LogP contribution in [0.4, 0.5) is 0 Å². The number of hydrogen-bond donors (Lipinski definition) is 0. The van der Waals surface area contributed by atoms with Crippen molar-refractivity contribution in [3.8, 4) is 50.8 Å². The summed E-state index contributed by atoms with van der Waals surface area (Å²) in [6, 6.07) is 55.1. The summed E-state index contributed by atoms with van der Waals surface area (Å²) in [6.45, 7) is 8.62. The van der Waals surface area contributed by atoms with Crippen LogP contribution in [-0.2, 0) is 0 Å². The van der Waals surface area contributed by atoms with Crippen molar-refractivity contribution in [2.45, 2.75) is 27.7 Å². The lowest BCUT2D eigenvalue weighted by Gasteiger charge is -2.21. The highest BCUT2D eigenvalue weighted by atomic mass is 15.0. The molecule has 0 N–H and O–H groups in total. The van der Waals surface area contributed by atoms with Crippen molar-refractivity contribution in [2.24, 2.45) is 0 Å². The van der Waals surface area contributed by atoms with Crippen molar-refractivity contribution in [1.29, 1.82) is 5.26 Å². The maximum Gasteiger partial charge on any atom is 0.0993 e. The molecule has 0 radical (unpaired) electrons. The van der Waals surface area contributed by atoms with Crippen LogP contribution in [0.25, 0.3) is 88.4 Å². The van der Waals surface area contributed by atoms with Crippen LogP contribution < -0.4 is 0 Å². The summed E-state index contributed by atoms with van der Waals surface area (Å²) in [5.41, 5.74) is 18.6. The van der Waals surface area contributed by atoms with Gasteiger partial charge in [0, 0.05) is 39.5 Å². The molecule has 3 aromatic heterocycles. The maximum absolute atomic E-state index is 10.7. The van der Waals surface area contributed by atoms with Crippen LogP contribution in [0.15, 0.2) is 158 Å². The number of fused-ring (bicyclic) bond motifs is 6. The van der Waals surface area contributed by atoms with Crippen LogP contribution in [0.3, 0.4) is 0 Å². The number of rotatable bonds is 5. The fraction of sp³-hybridized carbons (Fsp3) is 0.0769. The Bertz CT molecular complexity index is 3010. The smallest absolute Gasteiger partial charge is 0.0993 e. The predicted molar refractivity (Wildman–Crippen MR) is 233 cm³/mol. The van der Waals surface area contributed by atoms with Gasteiger partial charge in [-0.05, 0) is 116 Å². The van der Waals surface area contributed by atoms with Gasteiger partial charge < -0.3 is 9.13 Å². The number of hydrogen-bond acceptors (Lipinski definition) is 2. The van der Waals surface area contributed by atoms with Crippen LogP contribution >= 0.6 is 0 Å². The first-order valence-electron chi connectivity index (χ1n) is 19.1. The topological polar surface area (TPSA) is 46.5 Å². The molecule has 10 rings (SSSR count). The van der Waals surface area contributed by atoms with Crippen LogP contribution in [0.2, 0.25) is 0 Å². The number of nitrogens with zero attached hydrogens (tertiary/aromatic N) is 4. The van der Waals surface area contributed by atoms with Crippen molar-refractivity contribution >= 4 is 43.6 Å². The standard InChI is InChI=1S/C52H38N4/c1-32-21-33(2)24-40(23-32)38-13-15-48-44(29-38)42-9-5-7-11-46(42)55(48)50-27-36(31-53)28-51(52(50)37-17-19-54-20-18-37)56-47-12-8-6-10-43(47)45-30-39(14-16-49(45)56)41-25-34(3)22-35(4)26-41/h5-30H,1-4H3. The number of para-hydroxylation sites is 2. The molecule has 0 bridgehead atoms. The molecule has 0 fully saturated rings. The second-order valence-corrected chi connectivity index (χ2v) is 15.2. The Morgan fingerprint density at radius 3 is 1.29 bits per heavy atom. The average Bonchev–Trinajstić information content (AvgIpc) is 3.72. The zero-order valence-corrected chi connectivity index (χ0v) is 31.8. The second-order valence-electron chi connectivity index (χ2n) is 15.2. The van der Waals surface area contributed by atoms with Crippen molar-refractivity contribution in [3.63, 3.8) is 0 Å². The molecule has 0 unspecified atom stereocenters. The number of benzene rings is 7. The maximum atomic E-state index is 10.7. The van der Waals surface area contributed by atoms with Gasteiger partial charge in [-0.2, -0.15) is 5.26 Å². The molecule has 7 aromatic carbocycles. The van der Waals surface area contributed by atoms with E-state index < -0.39 is 0 Å². The van der Waals surface area contributed by atoms with Gasteiger partial charge in [0.25, 0.3) is 0 Å². The first-order chi connectivity index (χ1) is 27.3. The van der Waals surface area contributed by atoms with E-state index in [1.54, 1.807) is 0 Å². The van der Waals surface area contributed by atoms with E-state index in [1.165, 1.54) is 44.5 Å². The summed E-state index contributed by atoms with van der Waals surface area (Å²) < 4.78 is 4.70. The van der Waals surface area contributed by atoms with E-state index >= 15 is 0 Å². The Kier molecular flexibility index (Phi) is 7.73. The van der Waals surface area contributed by atoms with Crippen LogP contribution in [0.1, 0.15) is 27.8 Å². The fourth-order valence-electron chi connectivity index (χ4n) is 8.95. The van der Waals surface area contributed by atoms with E-state index in [0.717, 1.165) is 66.1 Å². The second kappa shape index (κ2) is 13.0. The minimum absolute atomic E-state index is 0.586. The molecule has 10 aromatic rings. The minimum atomic E-state index is 0.586. The first-order valence-corrected chi connectivity index (χ1v) is 19.1. The summed E-state index contributed by atoms with van der Waals surface area (Å²) in [4.78, 5) is 4.42. The molecule has 0 spiro atoms. The van der Waals surface area contributed by atoms with Crippen LogP contribution in [-0.4, -0.2) is 14.1 Å². The quantitative estimate of drug-likeness (QED) is 0.178. The predicted octanol–water partition coefficient (Wildman–Crippen LogP) is 13.4. The zero-order valence-electron chi connectivity index (χ0n) is 31.8. The fourth-order valence-corrected chi connectivity index (χ4v) is 8.95. The molecule has 0 aliphatic rings. The summed E-state index contributed by atoms with van der Waals surface area (Å²) in [5, 5.41) is 15.4. The summed E-state index contributed by atoms with van der Waals surface area (Å²) in [6.07, 6.45) is 3.70. The van der Waals surface area contributed by atoms with Crippen molar-refractivity contribution < 1.29 is 0 Å². The largest absolute Gasteiger partial charge is 0.308 e. The lowest BCUT2D eigenvalue weighted by atomic mass is 9.98. The number of aromatic nitrogens is 3. The van der Waals surface area contributed by atoms with Gasteiger partial charge in [-0.3, -0.25) is 4.98 Å². The molecular weight excluding hydrogens is 681 g/mol. The Labute approximate surface area is 326 Å². The van der Waals surface area contributed by atoms with Crippen molar-refractivity contribution in [3.05, 3.63) is 186 Å². The lowest BCUT2D eigenvalue weighted by molar-refractivity contribution is 1.13. The number of pyridine rings is 1. The third-order valence-electron chi connectivity index (χ3n) is 11.1. The number of nitriles is 1. The van der Waals surface area contributed by atoms with E-state index in [4.69, 9.17) is 0 Å². The molecule has 0 aliphatic heterocycles. The minimum Gasteiger partial charge on any atom is -0.308 e. The molecule has 266 valence electrons. The first kappa shape index (κ1) is 33.4. The molecule has 0 atom stereocenters. The highest BCUT2D eigenvalue weighted by Gasteiger charge is 2.23. The molecule has 0 aliphatic carbocycles. The van der Waals surface area contributed by atoms with Gasteiger partial charge >= 0.3 is 0 Å². The Hall–Kier alpha value is -7.22. The lowest BCUT2D eigenvalue weighted by Crippen LogP contribution is -2.05. The third kappa shape index (κ3) is 5.40. The normalized spacial score (nSPS) is 11.6. The van der Waals surface area contributed by atoms with Gasteiger partial charge in [-0.1, -0.05) is 107 Å². The summed E-state index contributed by atoms with van der Waals surface area (Å²) in [7, 11) is 0. The van der Waals surface area contributed by atoms with Crippen molar-refractivity contribution in [1.82, 2.24) is 14.1 Å². The van der Waals surface area contributed by atoms with E-state index in [0.29, 0.717) is 5.56 Å². The zero-order chi connectivity index (χ0) is 38.1. The average molecular weight is 719 g/mol. The van der Waals surface area contributed by atoms with Gasteiger partial charge in [0.15, 0.2) is 0 Å². The van der Waals surface area contributed by atoms with E-state index in [2.05, 4.69) is 193 Å². The molecule has 3 heterocycles. The molecule has 56 heavy (non-hydrogen) atoms. The van der Waals surface area contributed by atoms with E-state index in [9.17, 15) is 5.26 Å². The van der Waals surface area contributed by atoms with E-state index in [-0.39, 0.29) is 0 Å². The number of aryl methyl sites for hydroxylation is 4. The Balaban J connectivity index is 1.30. The summed E-state index contributed by atoms with van der Waals surface area (Å²) >= 11 is 0. The molecule has 0 saturated heterocycles. The van der Waals surface area contributed by atoms with Gasteiger partial charge in [0.2, 0.25) is 0 Å². The van der Waals surface area contributed by atoms with Crippen LogP contribution in [0.5, 0.6) is 0 Å². The molecule has 4 heteroatoms. The molecular formula is C52H38N4. The molecule has 0 amide bonds. The van der Waals surface area contributed by atoms with Gasteiger partial charge in [-0.15, -0.1) is 0 Å². The highest BCUT2D eigenvalue weighted by Crippen LogP contribution is 2.44. The van der Waals surface area contributed by atoms with E-state index in [1.807, 2.05) is 12.4 Å². The van der Waals surface area contributed by atoms with Crippen LogP contribution in [0, 0.1) is 39.0 Å². The van der Waals surface area contributed by atoms with Gasteiger partial charge in [0.05, 0.1) is 45.1 Å². The van der Waals surface area contributed by atoms with Crippen molar-refractivity contribution in [2.75, 3.05) is 0 Å². The summed E-state index contributed by atoms with van der Waals surface area (Å²) in [5.74, 6) is 0. The van der Waals surface area contributed by atoms with Gasteiger partial charge in [-0.25, -0.2) is 0 Å². The molecule has 4 nitrogen and oxygen atoms in total. The Morgan fingerprint density at radius 2 is 0.839 bits per heavy atom. The Morgan fingerprint density at radius 1 is 0.411 bits per heavy atom. The molecule has 0 saturated carbocycles. The van der Waals surface area contributed by atoms with Gasteiger partial charge in [0.1, 0.15) is 0 Å². The monoisotopic (exact) mass is 718 g/mol.